The van der Waals surface area contributed by atoms with Gasteiger partial charge in [0.15, 0.2) is 0 Å². The summed E-state index contributed by atoms with van der Waals surface area (Å²) in [5.74, 6) is 0. The normalized spacial score (nSPS) is 12.5. The van der Waals surface area contributed by atoms with Crippen LogP contribution in [0, 0.1) is 27.7 Å². The van der Waals surface area contributed by atoms with Crippen LogP contribution in [0.4, 0.5) is 0 Å². The topological polar surface area (TPSA) is 12.9 Å². The molecule has 0 bridgehead atoms. The predicted molar refractivity (Wildman–Crippen MR) is 71.4 cm³/mol. The Kier molecular flexibility index (Phi) is 2.12. The quantitative estimate of drug-likeness (QED) is 0.563. The SMILES string of the molecule is Cc1cnc2c(c1)-c1c(C)c(C)cc(C)c1C2. The highest BCUT2D eigenvalue weighted by atomic mass is 14.7. The largest absolute Gasteiger partial charge is 0.260 e. The molecular weight excluding hydrogens is 206 g/mol. The average molecular weight is 223 g/mol. The summed E-state index contributed by atoms with van der Waals surface area (Å²) in [5, 5.41) is 0. The summed E-state index contributed by atoms with van der Waals surface area (Å²) in [6, 6.07) is 4.58. The lowest BCUT2D eigenvalue weighted by molar-refractivity contribution is 1.09. The van der Waals surface area contributed by atoms with E-state index < -0.39 is 0 Å². The van der Waals surface area contributed by atoms with Crippen molar-refractivity contribution in [3.05, 3.63) is 51.8 Å². The molecule has 0 unspecified atom stereocenters. The first-order chi connectivity index (χ1) is 8.08. The first-order valence-corrected chi connectivity index (χ1v) is 6.13. The van der Waals surface area contributed by atoms with Crippen molar-refractivity contribution in [1.29, 1.82) is 0 Å². The van der Waals surface area contributed by atoms with Gasteiger partial charge in [-0.2, -0.15) is 0 Å². The molecular formula is C16H17N. The smallest absolute Gasteiger partial charge is 0.0526 e. The number of aryl methyl sites for hydroxylation is 3. The average Bonchev–Trinajstić information content (AvgIpc) is 2.65. The van der Waals surface area contributed by atoms with E-state index in [0.29, 0.717) is 0 Å². The van der Waals surface area contributed by atoms with Crippen molar-refractivity contribution in [2.75, 3.05) is 0 Å². The van der Waals surface area contributed by atoms with Gasteiger partial charge in [-0.3, -0.25) is 4.98 Å². The lowest BCUT2D eigenvalue weighted by Crippen LogP contribution is -1.92. The molecule has 17 heavy (non-hydrogen) atoms. The van der Waals surface area contributed by atoms with Crippen molar-refractivity contribution in [2.45, 2.75) is 34.1 Å². The lowest BCUT2D eigenvalue weighted by atomic mass is 9.93. The van der Waals surface area contributed by atoms with E-state index in [1.807, 2.05) is 6.20 Å². The van der Waals surface area contributed by atoms with E-state index in [2.05, 4.69) is 44.8 Å². The van der Waals surface area contributed by atoms with Crippen molar-refractivity contribution >= 4 is 0 Å². The predicted octanol–water partition coefficient (Wildman–Crippen LogP) is 3.89. The minimum atomic E-state index is 0.998. The van der Waals surface area contributed by atoms with Gasteiger partial charge in [0.25, 0.3) is 0 Å². The number of benzene rings is 1. The highest BCUT2D eigenvalue weighted by Gasteiger charge is 2.23. The van der Waals surface area contributed by atoms with Crippen molar-refractivity contribution in [2.24, 2.45) is 0 Å². The van der Waals surface area contributed by atoms with E-state index in [-0.39, 0.29) is 0 Å². The van der Waals surface area contributed by atoms with Gasteiger partial charge in [0, 0.05) is 18.2 Å². The third kappa shape index (κ3) is 1.42. The maximum atomic E-state index is 4.59. The van der Waals surface area contributed by atoms with Crippen LogP contribution < -0.4 is 0 Å². The number of pyridine rings is 1. The van der Waals surface area contributed by atoms with Crippen molar-refractivity contribution in [3.8, 4) is 11.1 Å². The second kappa shape index (κ2) is 3.43. The summed E-state index contributed by atoms with van der Waals surface area (Å²) >= 11 is 0. The lowest BCUT2D eigenvalue weighted by Gasteiger charge is -2.11. The van der Waals surface area contributed by atoms with Gasteiger partial charge >= 0.3 is 0 Å². The molecule has 1 aliphatic rings. The molecule has 0 aliphatic heterocycles. The summed E-state index contributed by atoms with van der Waals surface area (Å²) in [6.07, 6.45) is 2.97. The monoisotopic (exact) mass is 223 g/mol. The van der Waals surface area contributed by atoms with Crippen LogP contribution >= 0.6 is 0 Å². The second-order valence-corrected chi connectivity index (χ2v) is 5.17. The number of aromatic nitrogens is 1. The van der Waals surface area contributed by atoms with Crippen molar-refractivity contribution in [1.82, 2.24) is 4.98 Å². The van der Waals surface area contributed by atoms with E-state index >= 15 is 0 Å². The third-order valence-electron chi connectivity index (χ3n) is 3.90. The van der Waals surface area contributed by atoms with Crippen LogP contribution in [-0.2, 0) is 6.42 Å². The maximum Gasteiger partial charge on any atom is 0.0526 e. The molecule has 1 aliphatic carbocycles. The van der Waals surface area contributed by atoms with Gasteiger partial charge in [-0.05, 0) is 67.1 Å². The molecule has 0 saturated carbocycles. The molecule has 2 aromatic rings. The molecule has 0 radical (unpaired) electrons. The Labute approximate surface area is 103 Å². The van der Waals surface area contributed by atoms with Crippen LogP contribution in [-0.4, -0.2) is 4.98 Å². The van der Waals surface area contributed by atoms with Gasteiger partial charge in [0.2, 0.25) is 0 Å². The third-order valence-corrected chi connectivity index (χ3v) is 3.90. The minimum absolute atomic E-state index is 0.998. The maximum absolute atomic E-state index is 4.59. The number of hydrogen-bond donors (Lipinski definition) is 0. The molecule has 1 heteroatoms. The fourth-order valence-electron chi connectivity index (χ4n) is 2.86. The number of fused-ring (bicyclic) bond motifs is 3. The van der Waals surface area contributed by atoms with Gasteiger partial charge in [-0.25, -0.2) is 0 Å². The van der Waals surface area contributed by atoms with Crippen LogP contribution in [0.2, 0.25) is 0 Å². The Morgan fingerprint density at radius 1 is 1.00 bits per heavy atom. The van der Waals surface area contributed by atoms with E-state index in [0.717, 1.165) is 6.42 Å². The summed E-state index contributed by atoms with van der Waals surface area (Å²) < 4.78 is 0. The molecule has 1 nitrogen and oxygen atoms in total. The highest BCUT2D eigenvalue weighted by molar-refractivity contribution is 5.80. The minimum Gasteiger partial charge on any atom is -0.260 e. The molecule has 3 rings (SSSR count). The molecule has 1 aromatic heterocycles. The van der Waals surface area contributed by atoms with Gasteiger partial charge in [-0.1, -0.05) is 6.07 Å². The zero-order valence-corrected chi connectivity index (χ0v) is 10.9. The van der Waals surface area contributed by atoms with Crippen molar-refractivity contribution < 1.29 is 0 Å². The zero-order chi connectivity index (χ0) is 12.2. The standard InChI is InChI=1S/C16H17N/c1-9-5-14-15(17-8-9)7-13-11(3)6-10(2)12(4)16(13)14/h5-6,8H,7H2,1-4H3. The van der Waals surface area contributed by atoms with E-state index in [9.17, 15) is 0 Å². The van der Waals surface area contributed by atoms with Crippen LogP contribution in [0.15, 0.2) is 18.3 Å². The number of rotatable bonds is 0. The van der Waals surface area contributed by atoms with Crippen LogP contribution in [0.5, 0.6) is 0 Å². The van der Waals surface area contributed by atoms with Gasteiger partial charge in [0.05, 0.1) is 5.69 Å². The fraction of sp³-hybridized carbons (Fsp3) is 0.312. The molecule has 1 aromatic carbocycles. The Morgan fingerprint density at radius 3 is 2.53 bits per heavy atom. The Hall–Kier alpha value is -1.63. The van der Waals surface area contributed by atoms with Crippen LogP contribution in [0.3, 0.4) is 0 Å². The molecule has 0 atom stereocenters. The van der Waals surface area contributed by atoms with E-state index in [4.69, 9.17) is 0 Å². The van der Waals surface area contributed by atoms with Gasteiger partial charge < -0.3 is 0 Å². The summed E-state index contributed by atoms with van der Waals surface area (Å²) in [5.41, 5.74) is 10.9. The molecule has 0 fully saturated rings. The first kappa shape index (κ1) is 10.5. The van der Waals surface area contributed by atoms with E-state index in [1.54, 1.807) is 0 Å². The molecule has 0 spiro atoms. The summed E-state index contributed by atoms with van der Waals surface area (Å²) in [4.78, 5) is 4.59. The number of nitrogens with zero attached hydrogens (tertiary/aromatic N) is 1. The fourth-order valence-corrected chi connectivity index (χ4v) is 2.86. The first-order valence-electron chi connectivity index (χ1n) is 6.13. The van der Waals surface area contributed by atoms with Gasteiger partial charge in [0.1, 0.15) is 0 Å². The molecule has 0 saturated heterocycles. The molecule has 86 valence electrons. The Morgan fingerprint density at radius 2 is 1.76 bits per heavy atom. The Balaban J connectivity index is 2.38. The van der Waals surface area contributed by atoms with E-state index in [1.165, 1.54) is 44.6 Å². The van der Waals surface area contributed by atoms with Crippen LogP contribution in [0.1, 0.15) is 33.5 Å². The van der Waals surface area contributed by atoms with Crippen LogP contribution in [0.25, 0.3) is 11.1 Å². The van der Waals surface area contributed by atoms with Crippen molar-refractivity contribution in [3.63, 3.8) is 0 Å². The summed E-state index contributed by atoms with van der Waals surface area (Å²) in [6.45, 7) is 8.75. The molecule has 1 heterocycles. The zero-order valence-electron chi connectivity index (χ0n) is 10.9. The summed E-state index contributed by atoms with van der Waals surface area (Å²) in [7, 11) is 0. The molecule has 0 N–H and O–H groups in total. The Bertz CT molecular complexity index is 624. The highest BCUT2D eigenvalue weighted by Crippen LogP contribution is 2.40. The van der Waals surface area contributed by atoms with Gasteiger partial charge in [-0.15, -0.1) is 0 Å². The molecule has 0 amide bonds. The number of hydrogen-bond acceptors (Lipinski definition) is 1. The second-order valence-electron chi connectivity index (χ2n) is 5.17.